The minimum Gasteiger partial charge on any atom is -0.337 e. The highest BCUT2D eigenvalue weighted by molar-refractivity contribution is 7.21. The zero-order chi connectivity index (χ0) is 18.1. The third-order valence-electron chi connectivity index (χ3n) is 4.27. The van der Waals surface area contributed by atoms with Crippen LogP contribution in [0.5, 0.6) is 0 Å². The number of aryl methyl sites for hydroxylation is 1. The fraction of sp³-hybridized carbons (Fsp3) is 0.100. The molecule has 130 valence electrons. The lowest BCUT2D eigenvalue weighted by Gasteiger charge is -2.19. The maximum Gasteiger partial charge on any atom is 0.263 e. The summed E-state index contributed by atoms with van der Waals surface area (Å²) < 4.78 is 2.90. The van der Waals surface area contributed by atoms with E-state index in [4.69, 9.17) is 11.6 Å². The second-order valence-electron chi connectivity index (χ2n) is 5.95. The molecule has 2 aromatic heterocycles. The van der Waals surface area contributed by atoms with Gasteiger partial charge in [0.15, 0.2) is 0 Å². The van der Waals surface area contributed by atoms with Crippen LogP contribution in [-0.4, -0.2) is 15.5 Å². The van der Waals surface area contributed by atoms with E-state index in [1.165, 1.54) is 11.3 Å². The van der Waals surface area contributed by atoms with E-state index in [1.807, 2.05) is 72.4 Å². The number of amides is 1. The highest BCUT2D eigenvalue weighted by Gasteiger charge is 2.24. The molecule has 0 aliphatic carbocycles. The van der Waals surface area contributed by atoms with Crippen LogP contribution in [0.15, 0.2) is 67.0 Å². The summed E-state index contributed by atoms with van der Waals surface area (Å²) in [6, 6.07) is 17.2. The Bertz CT molecular complexity index is 1070. The zero-order valence-electron chi connectivity index (χ0n) is 14.0. The third kappa shape index (κ3) is 3.00. The number of imidazole rings is 1. The Hall–Kier alpha value is -2.63. The highest BCUT2D eigenvalue weighted by atomic mass is 35.5. The standard InChI is InChI=1S/C20H16ClN3OS/c1-24-12-11-22-19(24)17(13-7-3-2-4-8-13)23-20(25)18-16(21)14-9-5-6-10-15(14)26-18/h2-12,17H,1H3,(H,23,25)/t17-/m1/s1. The summed E-state index contributed by atoms with van der Waals surface area (Å²) in [5.41, 5.74) is 0.965. The smallest absolute Gasteiger partial charge is 0.263 e. The molecule has 6 heteroatoms. The van der Waals surface area contributed by atoms with Crippen LogP contribution in [0, 0.1) is 0 Å². The Balaban J connectivity index is 1.72. The lowest BCUT2D eigenvalue weighted by molar-refractivity contribution is 0.0945. The van der Waals surface area contributed by atoms with Crippen molar-refractivity contribution in [1.82, 2.24) is 14.9 Å². The molecule has 26 heavy (non-hydrogen) atoms. The van der Waals surface area contributed by atoms with Gasteiger partial charge in [-0.1, -0.05) is 60.1 Å². The van der Waals surface area contributed by atoms with Crippen LogP contribution in [0.2, 0.25) is 5.02 Å². The van der Waals surface area contributed by atoms with E-state index >= 15 is 0 Å². The summed E-state index contributed by atoms with van der Waals surface area (Å²) in [6.07, 6.45) is 3.59. The molecule has 0 bridgehead atoms. The Labute approximate surface area is 160 Å². The van der Waals surface area contributed by atoms with E-state index < -0.39 is 0 Å². The summed E-state index contributed by atoms with van der Waals surface area (Å²) >= 11 is 7.87. The van der Waals surface area contributed by atoms with Gasteiger partial charge in [-0.15, -0.1) is 11.3 Å². The van der Waals surface area contributed by atoms with Gasteiger partial charge in [0, 0.05) is 29.5 Å². The largest absolute Gasteiger partial charge is 0.337 e. The molecule has 2 heterocycles. The van der Waals surface area contributed by atoms with Gasteiger partial charge in [-0.3, -0.25) is 4.79 Å². The normalized spacial score (nSPS) is 12.2. The molecule has 0 saturated heterocycles. The Morgan fingerprint density at radius 1 is 1.15 bits per heavy atom. The van der Waals surface area contributed by atoms with E-state index in [0.29, 0.717) is 9.90 Å². The van der Waals surface area contributed by atoms with Gasteiger partial charge in [0.25, 0.3) is 5.91 Å². The number of rotatable bonds is 4. The number of benzene rings is 2. The molecule has 0 saturated carbocycles. The summed E-state index contributed by atoms with van der Waals surface area (Å²) in [4.78, 5) is 17.9. The molecular weight excluding hydrogens is 366 g/mol. The highest BCUT2D eigenvalue weighted by Crippen LogP contribution is 2.35. The van der Waals surface area contributed by atoms with Crippen LogP contribution in [0.3, 0.4) is 0 Å². The molecule has 0 fully saturated rings. The molecule has 4 aromatic rings. The van der Waals surface area contributed by atoms with E-state index in [1.54, 1.807) is 6.20 Å². The SMILES string of the molecule is Cn1ccnc1[C@H](NC(=O)c1sc2ccccc2c1Cl)c1ccccc1. The molecule has 1 N–H and O–H groups in total. The summed E-state index contributed by atoms with van der Waals surface area (Å²) in [6.45, 7) is 0. The van der Waals surface area contributed by atoms with Crippen molar-refractivity contribution in [3.8, 4) is 0 Å². The van der Waals surface area contributed by atoms with Crippen LogP contribution in [-0.2, 0) is 7.05 Å². The van der Waals surface area contributed by atoms with E-state index in [9.17, 15) is 4.79 Å². The minimum atomic E-state index is -0.357. The molecule has 4 rings (SSSR count). The fourth-order valence-electron chi connectivity index (χ4n) is 2.95. The van der Waals surface area contributed by atoms with E-state index in [-0.39, 0.29) is 11.9 Å². The second kappa shape index (κ2) is 6.94. The lowest BCUT2D eigenvalue weighted by Crippen LogP contribution is -2.30. The number of nitrogens with zero attached hydrogens (tertiary/aromatic N) is 2. The predicted octanol–water partition coefficient (Wildman–Crippen LogP) is 4.81. The number of carbonyl (C=O) groups excluding carboxylic acids is 1. The van der Waals surface area contributed by atoms with E-state index in [0.717, 1.165) is 21.5 Å². The molecular formula is C20H16ClN3OS. The molecule has 0 aliphatic rings. The van der Waals surface area contributed by atoms with Crippen molar-refractivity contribution in [2.75, 3.05) is 0 Å². The van der Waals surface area contributed by atoms with Crippen LogP contribution in [0.4, 0.5) is 0 Å². The number of nitrogens with one attached hydrogen (secondary N) is 1. The van der Waals surface area contributed by atoms with Gasteiger partial charge in [-0.05, 0) is 11.6 Å². The van der Waals surface area contributed by atoms with Gasteiger partial charge in [0.05, 0.1) is 5.02 Å². The van der Waals surface area contributed by atoms with Crippen molar-refractivity contribution in [3.05, 3.63) is 88.3 Å². The molecule has 1 atom stereocenters. The number of hydrogen-bond donors (Lipinski definition) is 1. The topological polar surface area (TPSA) is 46.9 Å². The second-order valence-corrected chi connectivity index (χ2v) is 7.38. The molecule has 0 unspecified atom stereocenters. The Kier molecular flexibility index (Phi) is 4.49. The number of hydrogen-bond acceptors (Lipinski definition) is 3. The molecule has 4 nitrogen and oxygen atoms in total. The molecule has 1 amide bonds. The number of carbonyl (C=O) groups is 1. The number of halogens is 1. The predicted molar refractivity (Wildman–Crippen MR) is 106 cm³/mol. The molecule has 0 aliphatic heterocycles. The summed E-state index contributed by atoms with van der Waals surface area (Å²) in [5.74, 6) is 0.565. The van der Waals surface area contributed by atoms with Crippen molar-refractivity contribution >= 4 is 38.9 Å². The van der Waals surface area contributed by atoms with Gasteiger partial charge in [-0.2, -0.15) is 0 Å². The first-order valence-corrected chi connectivity index (χ1v) is 9.34. The number of fused-ring (bicyclic) bond motifs is 1. The fourth-order valence-corrected chi connectivity index (χ4v) is 4.37. The average Bonchev–Trinajstić information content (AvgIpc) is 3.24. The van der Waals surface area contributed by atoms with Crippen LogP contribution in [0.1, 0.15) is 27.1 Å². The van der Waals surface area contributed by atoms with Crippen LogP contribution < -0.4 is 5.32 Å². The van der Waals surface area contributed by atoms with Gasteiger partial charge in [0.2, 0.25) is 0 Å². The first-order chi connectivity index (χ1) is 12.6. The zero-order valence-corrected chi connectivity index (χ0v) is 15.6. The van der Waals surface area contributed by atoms with Gasteiger partial charge < -0.3 is 9.88 Å². The number of thiophene rings is 1. The van der Waals surface area contributed by atoms with Crippen molar-refractivity contribution in [1.29, 1.82) is 0 Å². The Morgan fingerprint density at radius 3 is 2.58 bits per heavy atom. The minimum absolute atomic E-state index is 0.201. The quantitative estimate of drug-likeness (QED) is 0.551. The maximum absolute atomic E-state index is 13.0. The van der Waals surface area contributed by atoms with Gasteiger partial charge >= 0.3 is 0 Å². The lowest BCUT2D eigenvalue weighted by atomic mass is 10.1. The van der Waals surface area contributed by atoms with Crippen LogP contribution in [0.25, 0.3) is 10.1 Å². The van der Waals surface area contributed by atoms with Gasteiger partial charge in [-0.25, -0.2) is 4.98 Å². The summed E-state index contributed by atoms with van der Waals surface area (Å²) in [7, 11) is 1.91. The monoisotopic (exact) mass is 381 g/mol. The molecule has 0 spiro atoms. The first kappa shape index (κ1) is 16.8. The van der Waals surface area contributed by atoms with Crippen LogP contribution >= 0.6 is 22.9 Å². The Morgan fingerprint density at radius 2 is 1.88 bits per heavy atom. The average molecular weight is 382 g/mol. The van der Waals surface area contributed by atoms with Crippen molar-refractivity contribution in [2.45, 2.75) is 6.04 Å². The third-order valence-corrected chi connectivity index (χ3v) is 5.94. The van der Waals surface area contributed by atoms with E-state index in [2.05, 4.69) is 10.3 Å². The maximum atomic E-state index is 13.0. The number of aromatic nitrogens is 2. The molecule has 2 aromatic carbocycles. The van der Waals surface area contributed by atoms with Crippen molar-refractivity contribution < 1.29 is 4.79 Å². The van der Waals surface area contributed by atoms with Gasteiger partial charge in [0.1, 0.15) is 16.7 Å². The summed E-state index contributed by atoms with van der Waals surface area (Å²) in [5, 5.41) is 4.49. The molecule has 0 radical (unpaired) electrons. The van der Waals surface area contributed by atoms with Crippen molar-refractivity contribution in [2.24, 2.45) is 7.05 Å². The first-order valence-electron chi connectivity index (χ1n) is 8.15. The van der Waals surface area contributed by atoms with Crippen molar-refractivity contribution in [3.63, 3.8) is 0 Å².